The Kier molecular flexibility index (Phi) is 6.50. The molecule has 2 rings (SSSR count). The first-order valence-corrected chi connectivity index (χ1v) is 9.15. The molecule has 2 aromatic rings. The van der Waals surface area contributed by atoms with Gasteiger partial charge in [-0.05, 0) is 75.5 Å². The van der Waals surface area contributed by atoms with Crippen LogP contribution < -0.4 is 16.0 Å². The molecular formula is C19H20BrN3O2S. The lowest BCUT2D eigenvalue weighted by molar-refractivity contribution is 0.0918. The van der Waals surface area contributed by atoms with Crippen molar-refractivity contribution in [3.8, 4) is 0 Å². The van der Waals surface area contributed by atoms with Gasteiger partial charge in [-0.25, -0.2) is 0 Å². The minimum atomic E-state index is -0.301. The molecule has 0 aromatic heterocycles. The smallest absolute Gasteiger partial charge is 0.257 e. The summed E-state index contributed by atoms with van der Waals surface area (Å²) in [6.45, 7) is 5.77. The zero-order valence-corrected chi connectivity index (χ0v) is 17.1. The molecule has 136 valence electrons. The third-order valence-corrected chi connectivity index (χ3v) is 3.90. The van der Waals surface area contributed by atoms with Crippen LogP contribution >= 0.6 is 28.1 Å². The number of hydrogen-bond acceptors (Lipinski definition) is 3. The first-order chi connectivity index (χ1) is 12.1. The van der Waals surface area contributed by atoms with E-state index in [4.69, 9.17) is 12.2 Å². The van der Waals surface area contributed by atoms with Crippen LogP contribution in [0.3, 0.4) is 0 Å². The topological polar surface area (TPSA) is 70.2 Å². The SMILES string of the molecule is CC(C)(C)NC(=O)c1ccc(NC(=S)NC(=O)c2cccc(Br)c2)cc1. The van der Waals surface area contributed by atoms with Crippen LogP contribution in [-0.2, 0) is 0 Å². The summed E-state index contributed by atoms with van der Waals surface area (Å²) in [5, 5.41) is 8.63. The molecule has 0 radical (unpaired) electrons. The maximum atomic E-state index is 12.2. The lowest BCUT2D eigenvalue weighted by Crippen LogP contribution is -2.40. The van der Waals surface area contributed by atoms with Crippen molar-refractivity contribution in [2.24, 2.45) is 0 Å². The average Bonchev–Trinajstić information content (AvgIpc) is 2.53. The third kappa shape index (κ3) is 6.24. The number of anilines is 1. The molecule has 0 aliphatic rings. The van der Waals surface area contributed by atoms with E-state index < -0.39 is 0 Å². The van der Waals surface area contributed by atoms with Gasteiger partial charge in [0.05, 0.1) is 0 Å². The molecule has 0 bridgehead atoms. The first kappa shape index (κ1) is 20.1. The van der Waals surface area contributed by atoms with Crippen molar-refractivity contribution in [2.45, 2.75) is 26.3 Å². The minimum absolute atomic E-state index is 0.144. The van der Waals surface area contributed by atoms with Crippen LogP contribution in [0, 0.1) is 0 Å². The van der Waals surface area contributed by atoms with Crippen molar-refractivity contribution in [1.29, 1.82) is 0 Å². The number of carbonyl (C=O) groups is 2. The Hall–Kier alpha value is -2.25. The largest absolute Gasteiger partial charge is 0.347 e. The van der Waals surface area contributed by atoms with E-state index in [-0.39, 0.29) is 22.5 Å². The molecule has 7 heteroatoms. The van der Waals surface area contributed by atoms with Gasteiger partial charge in [-0.15, -0.1) is 0 Å². The zero-order chi connectivity index (χ0) is 19.3. The fraction of sp³-hybridized carbons (Fsp3) is 0.211. The van der Waals surface area contributed by atoms with Gasteiger partial charge in [-0.2, -0.15) is 0 Å². The zero-order valence-electron chi connectivity index (χ0n) is 14.7. The Labute approximate surface area is 166 Å². The molecule has 2 aromatic carbocycles. The Balaban J connectivity index is 1.95. The normalized spacial score (nSPS) is 10.8. The summed E-state index contributed by atoms with van der Waals surface area (Å²) in [4.78, 5) is 24.3. The van der Waals surface area contributed by atoms with Crippen molar-refractivity contribution < 1.29 is 9.59 Å². The van der Waals surface area contributed by atoms with Crippen molar-refractivity contribution in [1.82, 2.24) is 10.6 Å². The second-order valence-corrected chi connectivity index (χ2v) is 8.02. The lowest BCUT2D eigenvalue weighted by Gasteiger charge is -2.20. The maximum absolute atomic E-state index is 12.2. The maximum Gasteiger partial charge on any atom is 0.257 e. The van der Waals surface area contributed by atoms with Gasteiger partial charge in [-0.3, -0.25) is 14.9 Å². The molecule has 0 saturated heterocycles. The van der Waals surface area contributed by atoms with Crippen molar-refractivity contribution >= 4 is 50.8 Å². The highest BCUT2D eigenvalue weighted by Crippen LogP contribution is 2.13. The Morgan fingerprint density at radius 2 is 1.62 bits per heavy atom. The summed E-state index contributed by atoms with van der Waals surface area (Å²) in [5.41, 5.74) is 1.43. The predicted molar refractivity (Wildman–Crippen MR) is 111 cm³/mol. The van der Waals surface area contributed by atoms with Gasteiger partial charge in [0, 0.05) is 26.8 Å². The summed E-state index contributed by atoms with van der Waals surface area (Å²) in [7, 11) is 0. The van der Waals surface area contributed by atoms with Crippen LogP contribution in [0.15, 0.2) is 53.0 Å². The van der Waals surface area contributed by atoms with Crippen molar-refractivity contribution in [3.63, 3.8) is 0 Å². The number of amides is 2. The number of halogens is 1. The highest BCUT2D eigenvalue weighted by atomic mass is 79.9. The van der Waals surface area contributed by atoms with Crippen LogP contribution in [0.4, 0.5) is 5.69 Å². The standard InChI is InChI=1S/C19H20BrN3O2S/c1-19(2,3)23-17(25)12-7-9-15(10-8-12)21-18(26)22-16(24)13-5-4-6-14(20)11-13/h4-11H,1-3H3,(H,23,25)(H2,21,22,24,26). The average molecular weight is 434 g/mol. The second kappa shape index (κ2) is 8.42. The summed E-state index contributed by atoms with van der Waals surface area (Å²) in [6, 6.07) is 13.9. The van der Waals surface area contributed by atoms with Gasteiger partial charge in [0.1, 0.15) is 0 Å². The van der Waals surface area contributed by atoms with Crippen LogP contribution in [0.2, 0.25) is 0 Å². The van der Waals surface area contributed by atoms with E-state index in [9.17, 15) is 9.59 Å². The Bertz CT molecular complexity index is 829. The molecule has 0 aliphatic heterocycles. The highest BCUT2D eigenvalue weighted by molar-refractivity contribution is 9.10. The number of rotatable bonds is 3. The fourth-order valence-electron chi connectivity index (χ4n) is 2.09. The van der Waals surface area contributed by atoms with Crippen molar-refractivity contribution in [3.05, 3.63) is 64.1 Å². The quantitative estimate of drug-likeness (QED) is 0.637. The molecular weight excluding hydrogens is 414 g/mol. The second-order valence-electron chi connectivity index (χ2n) is 6.70. The highest BCUT2D eigenvalue weighted by Gasteiger charge is 2.15. The third-order valence-electron chi connectivity index (χ3n) is 3.21. The van der Waals surface area contributed by atoms with E-state index in [1.807, 2.05) is 26.8 Å². The van der Waals surface area contributed by atoms with E-state index in [2.05, 4.69) is 31.9 Å². The summed E-state index contributed by atoms with van der Waals surface area (Å²) in [5.74, 6) is -0.445. The summed E-state index contributed by atoms with van der Waals surface area (Å²) in [6.07, 6.45) is 0. The summed E-state index contributed by atoms with van der Waals surface area (Å²) < 4.78 is 0.813. The number of hydrogen-bond donors (Lipinski definition) is 3. The monoisotopic (exact) mass is 433 g/mol. The molecule has 0 heterocycles. The van der Waals surface area contributed by atoms with E-state index in [0.717, 1.165) is 4.47 Å². The molecule has 0 saturated carbocycles. The van der Waals surface area contributed by atoms with Gasteiger partial charge in [0.25, 0.3) is 11.8 Å². The van der Waals surface area contributed by atoms with Crippen LogP contribution in [0.5, 0.6) is 0 Å². The Morgan fingerprint density at radius 1 is 0.962 bits per heavy atom. The molecule has 0 fully saturated rings. The van der Waals surface area contributed by atoms with Crippen LogP contribution in [0.1, 0.15) is 41.5 Å². The summed E-state index contributed by atoms with van der Waals surface area (Å²) >= 11 is 8.49. The molecule has 26 heavy (non-hydrogen) atoms. The first-order valence-electron chi connectivity index (χ1n) is 7.94. The number of benzene rings is 2. The number of thiocarbonyl (C=S) groups is 1. The fourth-order valence-corrected chi connectivity index (χ4v) is 2.69. The van der Waals surface area contributed by atoms with Gasteiger partial charge in [0.15, 0.2) is 5.11 Å². The molecule has 0 aliphatic carbocycles. The van der Waals surface area contributed by atoms with Gasteiger partial charge >= 0.3 is 0 Å². The molecule has 5 nitrogen and oxygen atoms in total. The van der Waals surface area contributed by atoms with Crippen molar-refractivity contribution in [2.75, 3.05) is 5.32 Å². The Morgan fingerprint density at radius 3 is 2.19 bits per heavy atom. The van der Waals surface area contributed by atoms with Crippen LogP contribution in [0.25, 0.3) is 0 Å². The van der Waals surface area contributed by atoms with Gasteiger partial charge < -0.3 is 10.6 Å². The molecule has 3 N–H and O–H groups in total. The molecule has 2 amide bonds. The number of nitrogens with one attached hydrogen (secondary N) is 3. The lowest BCUT2D eigenvalue weighted by atomic mass is 10.1. The molecule has 0 unspecified atom stereocenters. The van der Waals surface area contributed by atoms with Gasteiger partial charge in [0.2, 0.25) is 0 Å². The van der Waals surface area contributed by atoms with E-state index in [0.29, 0.717) is 16.8 Å². The molecule has 0 atom stereocenters. The number of carbonyl (C=O) groups excluding carboxylic acids is 2. The van der Waals surface area contributed by atoms with E-state index in [1.165, 1.54) is 0 Å². The predicted octanol–water partition coefficient (Wildman–Crippen LogP) is 4.10. The van der Waals surface area contributed by atoms with E-state index >= 15 is 0 Å². The van der Waals surface area contributed by atoms with E-state index in [1.54, 1.807) is 42.5 Å². The van der Waals surface area contributed by atoms with Crippen LogP contribution in [-0.4, -0.2) is 22.5 Å². The molecule has 0 spiro atoms. The van der Waals surface area contributed by atoms with Gasteiger partial charge in [-0.1, -0.05) is 22.0 Å². The minimum Gasteiger partial charge on any atom is -0.347 e.